The van der Waals surface area contributed by atoms with Crippen molar-refractivity contribution in [2.45, 2.75) is 19.8 Å². The molecular formula is C29H20O6. The molecular weight excluding hydrogens is 444 g/mol. The van der Waals surface area contributed by atoms with Gasteiger partial charge in [0.05, 0.1) is 5.41 Å². The third-order valence-electron chi connectivity index (χ3n) is 7.53. The zero-order chi connectivity index (χ0) is 24.5. The van der Waals surface area contributed by atoms with E-state index in [0.717, 1.165) is 5.56 Å². The van der Waals surface area contributed by atoms with Crippen LogP contribution in [0, 0.1) is 17.8 Å². The molecule has 0 N–H and O–H groups in total. The summed E-state index contributed by atoms with van der Waals surface area (Å²) in [7, 11) is 0. The molecule has 1 aliphatic heterocycles. The maximum Gasteiger partial charge on any atom is 0.347 e. The van der Waals surface area contributed by atoms with Crippen LogP contribution in [-0.2, 0) is 4.79 Å². The predicted octanol–water partition coefficient (Wildman–Crippen LogP) is 4.88. The topological polar surface area (TPSA) is 90.7 Å². The first-order chi connectivity index (χ1) is 16.8. The van der Waals surface area contributed by atoms with Crippen molar-refractivity contribution in [3.63, 3.8) is 0 Å². The molecule has 3 aromatic carbocycles. The van der Waals surface area contributed by atoms with Crippen molar-refractivity contribution in [3.8, 4) is 5.75 Å². The van der Waals surface area contributed by atoms with Crippen molar-refractivity contribution in [3.05, 3.63) is 112 Å². The molecule has 0 bridgehead atoms. The number of rotatable bonds is 4. The first-order valence-corrected chi connectivity index (χ1v) is 11.3. The third-order valence-corrected chi connectivity index (χ3v) is 7.53. The van der Waals surface area contributed by atoms with E-state index < -0.39 is 34.1 Å². The van der Waals surface area contributed by atoms with Gasteiger partial charge in [-0.2, -0.15) is 0 Å². The summed E-state index contributed by atoms with van der Waals surface area (Å²) in [5.41, 5.74) is -2.17. The number of ether oxygens (including phenoxy) is 1. The maximum atomic E-state index is 14.1. The molecule has 0 saturated heterocycles. The van der Waals surface area contributed by atoms with Gasteiger partial charge in [0.15, 0.2) is 17.0 Å². The van der Waals surface area contributed by atoms with E-state index in [1.807, 2.05) is 6.92 Å². The highest BCUT2D eigenvalue weighted by Crippen LogP contribution is 2.79. The van der Waals surface area contributed by atoms with Crippen LogP contribution in [0.3, 0.4) is 0 Å². The van der Waals surface area contributed by atoms with Crippen LogP contribution in [0.25, 0.3) is 11.0 Å². The Morgan fingerprint density at radius 1 is 0.857 bits per heavy atom. The van der Waals surface area contributed by atoms with Gasteiger partial charge in [0.2, 0.25) is 0 Å². The molecule has 0 unspecified atom stereocenters. The monoisotopic (exact) mass is 464 g/mol. The minimum atomic E-state index is -1.87. The molecule has 1 aliphatic carbocycles. The van der Waals surface area contributed by atoms with Gasteiger partial charge in [0.25, 0.3) is 0 Å². The second-order valence-corrected chi connectivity index (χ2v) is 9.38. The molecule has 35 heavy (non-hydrogen) atoms. The maximum absolute atomic E-state index is 14.1. The Morgan fingerprint density at radius 3 is 2.31 bits per heavy atom. The smallest absolute Gasteiger partial charge is 0.347 e. The largest absolute Gasteiger partial charge is 0.425 e. The van der Waals surface area contributed by atoms with Gasteiger partial charge in [-0.3, -0.25) is 14.4 Å². The van der Waals surface area contributed by atoms with E-state index in [2.05, 4.69) is 0 Å². The van der Waals surface area contributed by atoms with Gasteiger partial charge in [-0.15, -0.1) is 0 Å². The normalized spacial score (nSPS) is 24.3. The van der Waals surface area contributed by atoms with E-state index >= 15 is 0 Å². The van der Waals surface area contributed by atoms with Crippen LogP contribution in [0.5, 0.6) is 5.75 Å². The van der Waals surface area contributed by atoms with Crippen molar-refractivity contribution >= 4 is 28.5 Å². The number of carbonyl (C=O) groups excluding carboxylic acids is 3. The van der Waals surface area contributed by atoms with E-state index in [4.69, 9.17) is 9.15 Å². The lowest BCUT2D eigenvalue weighted by molar-refractivity contribution is -0.140. The van der Waals surface area contributed by atoms with Crippen molar-refractivity contribution in [2.75, 3.05) is 0 Å². The van der Waals surface area contributed by atoms with Crippen LogP contribution in [0.4, 0.5) is 0 Å². The van der Waals surface area contributed by atoms with E-state index in [1.165, 1.54) is 6.07 Å². The molecule has 0 spiro atoms. The SMILES string of the molecule is Cc1ccc(C(=O)[C@]2(C)[C@H]3c4ccccc4OC(=O)[C@@]32C(=O)c2cc3ccccc3oc2=O)cc1. The summed E-state index contributed by atoms with van der Waals surface area (Å²) < 4.78 is 11.0. The molecule has 3 atom stereocenters. The Bertz CT molecular complexity index is 1630. The van der Waals surface area contributed by atoms with Crippen molar-refractivity contribution in [2.24, 2.45) is 10.8 Å². The minimum absolute atomic E-state index is 0.273. The summed E-state index contributed by atoms with van der Waals surface area (Å²) in [6, 6.07) is 22.1. The zero-order valence-corrected chi connectivity index (χ0v) is 19.0. The summed E-state index contributed by atoms with van der Waals surface area (Å²) in [5, 5.41) is 0.542. The molecule has 1 saturated carbocycles. The van der Waals surface area contributed by atoms with Gasteiger partial charge < -0.3 is 9.15 Å². The summed E-state index contributed by atoms with van der Waals surface area (Å²) in [5.74, 6) is -2.41. The Labute approximate surface area is 200 Å². The second kappa shape index (κ2) is 7.09. The molecule has 0 amide bonds. The fraction of sp³-hybridized carbons (Fsp3) is 0.172. The number of hydrogen-bond donors (Lipinski definition) is 0. The number of esters is 1. The molecule has 2 aliphatic rings. The number of carbonyl (C=O) groups is 3. The average Bonchev–Trinajstić information content (AvgIpc) is 3.46. The molecule has 6 rings (SSSR count). The van der Waals surface area contributed by atoms with Crippen molar-refractivity contribution in [1.29, 1.82) is 0 Å². The summed E-state index contributed by atoms with van der Waals surface area (Å²) in [6.07, 6.45) is 0. The standard InChI is InChI=1S/C29H20O6/c1-16-11-13-17(14-12-16)24(30)28(2)23-19-8-4-6-10-22(19)35-27(33)29(23,28)25(31)20-15-18-7-3-5-9-21(18)34-26(20)32/h3-15,23H,1-2H3/t23-,28+,29+/m1/s1. The minimum Gasteiger partial charge on any atom is -0.425 e. The van der Waals surface area contributed by atoms with Crippen LogP contribution in [-0.4, -0.2) is 17.5 Å². The lowest BCUT2D eigenvalue weighted by Crippen LogP contribution is -2.40. The Kier molecular flexibility index (Phi) is 4.30. The van der Waals surface area contributed by atoms with Gasteiger partial charge in [-0.25, -0.2) is 4.79 Å². The molecule has 0 radical (unpaired) electrons. The number of ketones is 2. The Balaban J connectivity index is 1.58. The first-order valence-electron chi connectivity index (χ1n) is 11.3. The second-order valence-electron chi connectivity index (χ2n) is 9.38. The van der Waals surface area contributed by atoms with E-state index in [-0.39, 0.29) is 11.3 Å². The number of fused-ring (bicyclic) bond motifs is 4. The number of para-hydroxylation sites is 2. The number of hydrogen-bond acceptors (Lipinski definition) is 6. The van der Waals surface area contributed by atoms with Gasteiger partial charge >= 0.3 is 11.6 Å². The molecule has 6 nitrogen and oxygen atoms in total. The fourth-order valence-electron chi connectivity index (χ4n) is 5.69. The van der Waals surface area contributed by atoms with Crippen LogP contribution >= 0.6 is 0 Å². The molecule has 4 aromatic rings. The fourth-order valence-corrected chi connectivity index (χ4v) is 5.69. The predicted molar refractivity (Wildman–Crippen MR) is 128 cm³/mol. The quantitative estimate of drug-likeness (QED) is 0.141. The Morgan fingerprint density at radius 2 is 1.54 bits per heavy atom. The van der Waals surface area contributed by atoms with Gasteiger partial charge in [0, 0.05) is 22.4 Å². The van der Waals surface area contributed by atoms with Crippen LogP contribution in [0.2, 0.25) is 0 Å². The summed E-state index contributed by atoms with van der Waals surface area (Å²) >= 11 is 0. The van der Waals surface area contributed by atoms with Crippen LogP contribution in [0.1, 0.15) is 44.7 Å². The molecule has 6 heteroatoms. The molecule has 2 heterocycles. The van der Waals surface area contributed by atoms with Gasteiger partial charge in [-0.05, 0) is 25.1 Å². The first kappa shape index (κ1) is 21.2. The highest BCUT2D eigenvalue weighted by atomic mass is 16.5. The summed E-state index contributed by atoms with van der Waals surface area (Å²) in [4.78, 5) is 54.6. The highest BCUT2D eigenvalue weighted by Gasteiger charge is 2.87. The molecule has 1 aromatic heterocycles. The Hall–Kier alpha value is -4.32. The highest BCUT2D eigenvalue weighted by molar-refractivity contribution is 6.25. The van der Waals surface area contributed by atoms with Crippen molar-refractivity contribution in [1.82, 2.24) is 0 Å². The van der Waals surface area contributed by atoms with Crippen LogP contribution < -0.4 is 10.4 Å². The lowest BCUT2D eigenvalue weighted by atomic mass is 9.82. The van der Waals surface area contributed by atoms with Gasteiger partial charge in [0.1, 0.15) is 16.9 Å². The van der Waals surface area contributed by atoms with E-state index in [0.29, 0.717) is 27.8 Å². The lowest BCUT2D eigenvalue weighted by Gasteiger charge is -2.22. The molecule has 172 valence electrons. The van der Waals surface area contributed by atoms with Gasteiger partial charge in [-0.1, -0.05) is 73.2 Å². The number of benzene rings is 3. The average molecular weight is 464 g/mol. The van der Waals surface area contributed by atoms with E-state index in [1.54, 1.807) is 79.7 Å². The number of aryl methyl sites for hydroxylation is 1. The molecule has 1 fully saturated rings. The van der Waals surface area contributed by atoms with Crippen LogP contribution in [0.15, 0.2) is 88.1 Å². The van der Waals surface area contributed by atoms with Crippen molar-refractivity contribution < 1.29 is 23.5 Å². The van der Waals surface area contributed by atoms with E-state index in [9.17, 15) is 19.2 Å². The summed E-state index contributed by atoms with van der Waals surface area (Å²) in [6.45, 7) is 3.52. The third kappa shape index (κ3) is 2.65. The zero-order valence-electron chi connectivity index (χ0n) is 19.0. The number of Topliss-reactive ketones (excluding diaryl/α,β-unsaturated/α-hetero) is 2.